The number of nitrogens with zero attached hydrogens (tertiary/aromatic N) is 5. The molecule has 2 atom stereocenters. The molecular weight excluding hydrogens is 272 g/mol. The van der Waals surface area contributed by atoms with Gasteiger partial charge in [-0.15, -0.1) is 0 Å². The molecule has 0 aliphatic carbocycles. The first-order chi connectivity index (χ1) is 10.1. The van der Waals surface area contributed by atoms with Crippen molar-refractivity contribution in [2.24, 2.45) is 11.8 Å². The number of nitrogen functional groups attached to an aromatic ring is 1. The molecule has 3 heterocycles. The number of carbonyl (C=O) groups excluding carboxylic acids is 1. The Morgan fingerprint density at radius 2 is 2.19 bits per heavy atom. The molecule has 1 aromatic rings. The molecule has 0 bridgehead atoms. The highest BCUT2D eigenvalue weighted by Gasteiger charge is 2.41. The van der Waals surface area contributed by atoms with Crippen molar-refractivity contribution >= 4 is 23.8 Å². The van der Waals surface area contributed by atoms with Gasteiger partial charge in [0.2, 0.25) is 23.8 Å². The summed E-state index contributed by atoms with van der Waals surface area (Å²) in [7, 11) is 3.72. The molecule has 114 valence electrons. The summed E-state index contributed by atoms with van der Waals surface area (Å²) in [5.74, 6) is 7.01. The van der Waals surface area contributed by atoms with Crippen molar-refractivity contribution in [1.82, 2.24) is 20.3 Å². The Labute approximate surface area is 122 Å². The normalized spacial score (nSPS) is 24.5. The number of piperidine rings is 1. The maximum Gasteiger partial charge on any atom is 0.243 e. The van der Waals surface area contributed by atoms with Crippen LogP contribution in [0, 0.1) is 5.92 Å². The summed E-state index contributed by atoms with van der Waals surface area (Å²) < 4.78 is 0. The average Bonchev–Trinajstić information content (AvgIpc) is 2.88. The zero-order chi connectivity index (χ0) is 15.0. The van der Waals surface area contributed by atoms with Gasteiger partial charge in [-0.05, 0) is 12.8 Å². The van der Waals surface area contributed by atoms with Gasteiger partial charge in [-0.3, -0.25) is 10.2 Å². The van der Waals surface area contributed by atoms with Gasteiger partial charge in [0.05, 0.1) is 12.0 Å². The third-order valence-electron chi connectivity index (χ3n) is 4.00. The number of anilines is 3. The number of carbonyl (C=O) groups is 1. The molecule has 1 aromatic heterocycles. The van der Waals surface area contributed by atoms with E-state index >= 15 is 0 Å². The molecule has 2 aliphatic rings. The van der Waals surface area contributed by atoms with Crippen LogP contribution in [0.5, 0.6) is 0 Å². The van der Waals surface area contributed by atoms with Gasteiger partial charge >= 0.3 is 0 Å². The van der Waals surface area contributed by atoms with E-state index in [2.05, 4.69) is 30.6 Å². The predicted molar refractivity (Wildman–Crippen MR) is 78.8 cm³/mol. The number of fused-ring (bicyclic) bond motifs is 1. The number of hydrogen-bond acceptors (Lipinski definition) is 8. The highest BCUT2D eigenvalue weighted by molar-refractivity contribution is 5.83. The summed E-state index contributed by atoms with van der Waals surface area (Å²) in [6.07, 6.45) is 1.86. The molecule has 2 unspecified atom stereocenters. The first-order valence-corrected chi connectivity index (χ1v) is 7.04. The lowest BCUT2D eigenvalue weighted by molar-refractivity contribution is -0.123. The van der Waals surface area contributed by atoms with Crippen molar-refractivity contribution in [2.45, 2.75) is 18.9 Å². The summed E-state index contributed by atoms with van der Waals surface area (Å²) in [4.78, 5) is 28.8. The van der Waals surface area contributed by atoms with Crippen LogP contribution < -0.4 is 26.4 Å². The van der Waals surface area contributed by atoms with E-state index in [0.717, 1.165) is 19.4 Å². The second kappa shape index (κ2) is 5.32. The standard InChI is InChI=1S/C12H20N8O/c1-19(2)11-15-10(18-13)16-12(17-11)20-5-3-4-7-8(20)6-14-9(7)21/h7-8H,3-6,13H2,1-2H3,(H,14,21)(H,15,16,17,18). The van der Waals surface area contributed by atoms with Crippen molar-refractivity contribution in [3.05, 3.63) is 0 Å². The van der Waals surface area contributed by atoms with E-state index in [-0.39, 0.29) is 17.9 Å². The van der Waals surface area contributed by atoms with Gasteiger partial charge in [0.25, 0.3) is 0 Å². The van der Waals surface area contributed by atoms with Gasteiger partial charge in [-0.25, -0.2) is 5.84 Å². The van der Waals surface area contributed by atoms with Gasteiger partial charge < -0.3 is 15.1 Å². The minimum absolute atomic E-state index is 0.0209. The number of nitrogens with one attached hydrogen (secondary N) is 2. The van der Waals surface area contributed by atoms with Crippen molar-refractivity contribution in [3.8, 4) is 0 Å². The minimum atomic E-state index is 0.0209. The van der Waals surface area contributed by atoms with Crippen LogP contribution in [0.1, 0.15) is 12.8 Å². The number of amides is 1. The van der Waals surface area contributed by atoms with Gasteiger partial charge in [-0.2, -0.15) is 15.0 Å². The molecule has 9 nitrogen and oxygen atoms in total. The Kier molecular flexibility index (Phi) is 3.50. The van der Waals surface area contributed by atoms with Crippen LogP contribution >= 0.6 is 0 Å². The van der Waals surface area contributed by atoms with Gasteiger partial charge in [-0.1, -0.05) is 0 Å². The lowest BCUT2D eigenvalue weighted by Gasteiger charge is -2.36. The molecule has 3 rings (SSSR count). The second-order valence-electron chi connectivity index (χ2n) is 5.55. The number of nitrogens with two attached hydrogens (primary N) is 1. The van der Waals surface area contributed by atoms with Crippen molar-refractivity contribution in [3.63, 3.8) is 0 Å². The summed E-state index contributed by atoms with van der Waals surface area (Å²) in [5, 5.41) is 2.92. The van der Waals surface area contributed by atoms with E-state index in [0.29, 0.717) is 24.4 Å². The van der Waals surface area contributed by atoms with E-state index in [9.17, 15) is 4.79 Å². The fraction of sp³-hybridized carbons (Fsp3) is 0.667. The number of hydrogen-bond donors (Lipinski definition) is 3. The Balaban J connectivity index is 1.95. The SMILES string of the molecule is CN(C)c1nc(NN)nc(N2CCCC3C(=O)NCC32)n1. The molecular formula is C12H20N8O. The van der Waals surface area contributed by atoms with Crippen molar-refractivity contribution < 1.29 is 4.79 Å². The molecule has 2 aliphatic heterocycles. The van der Waals surface area contributed by atoms with E-state index in [1.165, 1.54) is 0 Å². The zero-order valence-corrected chi connectivity index (χ0v) is 12.2. The Hall–Kier alpha value is -2.16. The first-order valence-electron chi connectivity index (χ1n) is 7.04. The molecule has 0 radical (unpaired) electrons. The van der Waals surface area contributed by atoms with Crippen LogP contribution in [0.2, 0.25) is 0 Å². The molecule has 0 aromatic carbocycles. The highest BCUT2D eigenvalue weighted by atomic mass is 16.2. The lowest BCUT2D eigenvalue weighted by atomic mass is 9.92. The van der Waals surface area contributed by atoms with Crippen molar-refractivity contribution in [1.29, 1.82) is 0 Å². The first kappa shape index (κ1) is 13.8. The van der Waals surface area contributed by atoms with Crippen molar-refractivity contribution in [2.75, 3.05) is 42.4 Å². The Morgan fingerprint density at radius 3 is 2.90 bits per heavy atom. The third kappa shape index (κ3) is 2.44. The largest absolute Gasteiger partial charge is 0.354 e. The summed E-state index contributed by atoms with van der Waals surface area (Å²) in [6, 6.07) is 0.106. The fourth-order valence-corrected chi connectivity index (χ4v) is 2.95. The number of rotatable bonds is 3. The van der Waals surface area contributed by atoms with E-state index in [1.54, 1.807) is 4.90 Å². The molecule has 2 fully saturated rings. The number of hydrazine groups is 1. The molecule has 2 saturated heterocycles. The molecule has 9 heteroatoms. The summed E-state index contributed by atoms with van der Waals surface area (Å²) >= 11 is 0. The van der Waals surface area contributed by atoms with Crippen LogP contribution in [-0.2, 0) is 4.79 Å². The lowest BCUT2D eigenvalue weighted by Crippen LogP contribution is -2.46. The maximum absolute atomic E-state index is 11.9. The quantitative estimate of drug-likeness (QED) is 0.477. The number of aromatic nitrogens is 3. The molecule has 21 heavy (non-hydrogen) atoms. The predicted octanol–water partition coefficient (Wildman–Crippen LogP) is -1.06. The second-order valence-corrected chi connectivity index (χ2v) is 5.55. The monoisotopic (exact) mass is 292 g/mol. The van der Waals surface area contributed by atoms with Gasteiger partial charge in [0.1, 0.15) is 0 Å². The zero-order valence-electron chi connectivity index (χ0n) is 12.2. The Bertz CT molecular complexity index is 548. The third-order valence-corrected chi connectivity index (χ3v) is 4.00. The summed E-state index contributed by atoms with van der Waals surface area (Å²) in [6.45, 7) is 1.47. The minimum Gasteiger partial charge on any atom is -0.354 e. The smallest absolute Gasteiger partial charge is 0.243 e. The van der Waals surface area contributed by atoms with E-state index in [1.807, 2.05) is 14.1 Å². The fourth-order valence-electron chi connectivity index (χ4n) is 2.95. The average molecular weight is 292 g/mol. The van der Waals surface area contributed by atoms with Gasteiger partial charge in [0.15, 0.2) is 0 Å². The molecule has 0 saturated carbocycles. The summed E-state index contributed by atoms with van der Waals surface area (Å²) in [5.41, 5.74) is 2.47. The molecule has 4 N–H and O–H groups in total. The maximum atomic E-state index is 11.9. The molecule has 0 spiro atoms. The van der Waals surface area contributed by atoms with E-state index in [4.69, 9.17) is 5.84 Å². The van der Waals surface area contributed by atoms with Gasteiger partial charge in [0, 0.05) is 27.2 Å². The topological polar surface area (TPSA) is 112 Å². The molecule has 1 amide bonds. The Morgan fingerprint density at radius 1 is 1.38 bits per heavy atom. The van der Waals surface area contributed by atoms with Crippen LogP contribution in [0.15, 0.2) is 0 Å². The van der Waals surface area contributed by atoms with Crippen LogP contribution in [0.25, 0.3) is 0 Å². The van der Waals surface area contributed by atoms with Crippen LogP contribution in [0.4, 0.5) is 17.8 Å². The van der Waals surface area contributed by atoms with E-state index < -0.39 is 0 Å². The highest BCUT2D eigenvalue weighted by Crippen LogP contribution is 2.30. The van der Waals surface area contributed by atoms with Crippen LogP contribution in [-0.4, -0.2) is 54.1 Å². The van der Waals surface area contributed by atoms with Crippen LogP contribution in [0.3, 0.4) is 0 Å².